The van der Waals surface area contributed by atoms with Crippen molar-refractivity contribution in [3.63, 3.8) is 0 Å². The molecular formula is C31H27F2N7O4S. The number of amides is 3. The summed E-state index contributed by atoms with van der Waals surface area (Å²) >= 11 is 1.22. The van der Waals surface area contributed by atoms with E-state index in [1.54, 1.807) is 22.2 Å². The lowest BCUT2D eigenvalue weighted by molar-refractivity contribution is -0.121. The van der Waals surface area contributed by atoms with Gasteiger partial charge in [0.25, 0.3) is 11.8 Å². The molecule has 4 aliphatic heterocycles. The van der Waals surface area contributed by atoms with E-state index in [0.717, 1.165) is 24.3 Å². The van der Waals surface area contributed by atoms with Gasteiger partial charge in [-0.15, -0.1) is 11.3 Å². The zero-order valence-electron chi connectivity index (χ0n) is 23.8. The van der Waals surface area contributed by atoms with Gasteiger partial charge in [0, 0.05) is 72.1 Å². The van der Waals surface area contributed by atoms with E-state index in [-0.39, 0.29) is 41.7 Å². The van der Waals surface area contributed by atoms with E-state index in [0.29, 0.717) is 29.5 Å². The maximum absolute atomic E-state index is 15.6. The number of benzene rings is 2. The van der Waals surface area contributed by atoms with E-state index in [1.807, 2.05) is 24.3 Å². The second-order valence-electron chi connectivity index (χ2n) is 12.2. The Morgan fingerprint density at radius 2 is 1.87 bits per heavy atom. The highest BCUT2D eigenvalue weighted by Gasteiger charge is 2.53. The average molecular weight is 632 g/mol. The molecule has 3 amide bonds. The van der Waals surface area contributed by atoms with Crippen LogP contribution in [0.2, 0.25) is 0 Å². The number of rotatable bonds is 6. The number of alkyl halides is 1. The van der Waals surface area contributed by atoms with Crippen molar-refractivity contribution in [1.29, 1.82) is 0 Å². The number of nitrogens with one attached hydrogen (secondary N) is 1. The first-order valence-corrected chi connectivity index (χ1v) is 15.4. The van der Waals surface area contributed by atoms with Crippen LogP contribution in [-0.4, -0.2) is 79.7 Å². The number of anilines is 2. The van der Waals surface area contributed by atoms with Gasteiger partial charge in [0.15, 0.2) is 11.2 Å². The lowest BCUT2D eigenvalue weighted by Crippen LogP contribution is -2.73. The summed E-state index contributed by atoms with van der Waals surface area (Å²) in [5, 5.41) is 13.9. The van der Waals surface area contributed by atoms with Crippen molar-refractivity contribution >= 4 is 40.1 Å². The molecule has 2 atom stereocenters. The molecule has 0 bridgehead atoms. The average Bonchev–Trinajstić information content (AvgIpc) is 3.75. The van der Waals surface area contributed by atoms with Crippen LogP contribution in [0.3, 0.4) is 0 Å². The highest BCUT2D eigenvalue weighted by Crippen LogP contribution is 2.43. The van der Waals surface area contributed by atoms with Gasteiger partial charge in [-0.1, -0.05) is 12.1 Å². The fourth-order valence-corrected chi connectivity index (χ4v) is 7.59. The Balaban J connectivity index is 1.04. The highest BCUT2D eigenvalue weighted by molar-refractivity contribution is 7.13. The lowest BCUT2D eigenvalue weighted by Gasteiger charge is -2.60. The van der Waals surface area contributed by atoms with Crippen molar-refractivity contribution in [2.24, 2.45) is 5.41 Å². The van der Waals surface area contributed by atoms with Gasteiger partial charge >= 0.3 is 6.09 Å². The molecule has 2 N–H and O–H groups in total. The molecule has 11 nitrogen and oxygen atoms in total. The number of carbonyl (C=O) groups is 3. The maximum atomic E-state index is 15.6. The van der Waals surface area contributed by atoms with Crippen molar-refractivity contribution in [3.8, 4) is 11.1 Å². The Labute approximate surface area is 259 Å². The van der Waals surface area contributed by atoms with Crippen LogP contribution in [0.25, 0.3) is 11.1 Å². The number of fused-ring (bicyclic) bond motifs is 2. The molecule has 2 fully saturated rings. The van der Waals surface area contributed by atoms with Crippen LogP contribution in [0, 0.1) is 11.2 Å². The van der Waals surface area contributed by atoms with Gasteiger partial charge in [-0.25, -0.2) is 23.5 Å². The molecule has 0 saturated carbocycles. The number of imidazole rings is 1. The number of carbonyl (C=O) groups excluding carboxylic acids is 2. The predicted octanol–water partition coefficient (Wildman–Crippen LogP) is 4.18. The van der Waals surface area contributed by atoms with Gasteiger partial charge in [-0.3, -0.25) is 14.9 Å². The normalized spacial score (nSPS) is 20.1. The molecule has 8 rings (SSSR count). The molecule has 4 aliphatic rings. The fraction of sp³-hybridized carbons (Fsp3) is 0.323. The summed E-state index contributed by atoms with van der Waals surface area (Å²) in [6.07, 6.45) is 1.08. The minimum absolute atomic E-state index is 0.0195. The summed E-state index contributed by atoms with van der Waals surface area (Å²) in [6, 6.07) is 9.44. The molecule has 0 aliphatic carbocycles. The number of thiazole rings is 1. The third kappa shape index (κ3) is 4.54. The van der Waals surface area contributed by atoms with Crippen molar-refractivity contribution in [2.45, 2.75) is 31.7 Å². The van der Waals surface area contributed by atoms with Crippen LogP contribution >= 0.6 is 11.3 Å². The summed E-state index contributed by atoms with van der Waals surface area (Å²) < 4.78 is 31.6. The topological polar surface area (TPSA) is 124 Å². The molecule has 2 unspecified atom stereocenters. The van der Waals surface area contributed by atoms with Crippen molar-refractivity contribution < 1.29 is 28.3 Å². The monoisotopic (exact) mass is 631 g/mol. The Hall–Kier alpha value is -4.85. The summed E-state index contributed by atoms with van der Waals surface area (Å²) in [6.45, 7) is 2.62. The largest absolute Gasteiger partial charge is 0.465 e. The quantitative estimate of drug-likeness (QED) is 0.327. The Morgan fingerprint density at radius 1 is 1.09 bits per heavy atom. The van der Waals surface area contributed by atoms with Gasteiger partial charge in [0.1, 0.15) is 12.0 Å². The molecule has 2 aromatic heterocycles. The zero-order chi connectivity index (χ0) is 31.0. The van der Waals surface area contributed by atoms with E-state index >= 15 is 4.39 Å². The molecule has 0 radical (unpaired) electrons. The van der Waals surface area contributed by atoms with E-state index < -0.39 is 35.9 Å². The van der Waals surface area contributed by atoms with Crippen molar-refractivity contribution in [2.75, 3.05) is 36.4 Å². The standard InChI is InChI=1S/C31H27F2N7O4S/c32-19-9-24-25(35-16-37(24)10-19)26(27(41)36-29-34-5-6-45-29)40-11-22-21(28(40)42)7-18(8-23(22)33)17-1-3-20(4-2-17)38-12-31(13-38)14-39(15-31)30(43)44/h1-8,16,19,26H,9-15H2,(H,43,44)(H,34,36,41). The van der Waals surface area contributed by atoms with Crippen LogP contribution in [0.15, 0.2) is 54.3 Å². The molecule has 14 heteroatoms. The number of hydrogen-bond acceptors (Lipinski definition) is 7. The van der Waals surface area contributed by atoms with Gasteiger partial charge in [-0.2, -0.15) is 0 Å². The summed E-state index contributed by atoms with van der Waals surface area (Å²) in [5.41, 5.74) is 3.41. The predicted molar refractivity (Wildman–Crippen MR) is 160 cm³/mol. The number of aromatic nitrogens is 3. The number of halogens is 2. The van der Waals surface area contributed by atoms with E-state index in [4.69, 9.17) is 5.11 Å². The van der Waals surface area contributed by atoms with Crippen molar-refractivity contribution in [3.05, 3.63) is 82.6 Å². The zero-order valence-corrected chi connectivity index (χ0v) is 24.6. The lowest BCUT2D eigenvalue weighted by atomic mass is 9.73. The first-order chi connectivity index (χ1) is 21.7. The Morgan fingerprint density at radius 3 is 2.58 bits per heavy atom. The van der Waals surface area contributed by atoms with Crippen LogP contribution in [-0.2, 0) is 24.3 Å². The van der Waals surface area contributed by atoms with Crippen LogP contribution < -0.4 is 10.2 Å². The van der Waals surface area contributed by atoms with Crippen molar-refractivity contribution in [1.82, 2.24) is 24.3 Å². The number of likely N-dealkylation sites (tertiary alicyclic amines) is 1. The molecule has 2 aromatic carbocycles. The molecule has 45 heavy (non-hydrogen) atoms. The smallest absolute Gasteiger partial charge is 0.407 e. The van der Waals surface area contributed by atoms with Crippen LogP contribution in [0.1, 0.15) is 33.4 Å². The van der Waals surface area contributed by atoms with E-state index in [1.165, 1.54) is 33.5 Å². The molecule has 4 aromatic rings. The first-order valence-electron chi connectivity index (χ1n) is 14.5. The summed E-state index contributed by atoms with van der Waals surface area (Å²) in [5.74, 6) is -1.63. The first kappa shape index (κ1) is 27.7. The second kappa shape index (κ2) is 10.1. The van der Waals surface area contributed by atoms with Gasteiger partial charge in [-0.05, 0) is 35.4 Å². The van der Waals surface area contributed by atoms with Crippen LogP contribution in [0.5, 0.6) is 0 Å². The highest BCUT2D eigenvalue weighted by atomic mass is 32.1. The van der Waals surface area contributed by atoms with Gasteiger partial charge in [0.05, 0.1) is 25.1 Å². The summed E-state index contributed by atoms with van der Waals surface area (Å²) in [7, 11) is 0. The molecule has 230 valence electrons. The van der Waals surface area contributed by atoms with Gasteiger partial charge in [0.2, 0.25) is 0 Å². The minimum atomic E-state index is -1.21. The summed E-state index contributed by atoms with van der Waals surface area (Å²) in [4.78, 5) is 52.1. The molecule has 2 saturated heterocycles. The fourth-order valence-electron chi connectivity index (χ4n) is 7.06. The molecular weight excluding hydrogens is 604 g/mol. The number of hydrogen-bond donors (Lipinski definition) is 2. The Bertz CT molecular complexity index is 1850. The molecule has 6 heterocycles. The molecule has 1 spiro atoms. The maximum Gasteiger partial charge on any atom is 0.407 e. The minimum Gasteiger partial charge on any atom is -0.465 e. The SMILES string of the molecule is O=C(Nc1nccs1)C(c1ncn2c1CC(F)C2)N1Cc2c(F)cc(-c3ccc(N4CC5(CN(C(=O)O)C5)C4)cc3)cc2C1=O. The van der Waals surface area contributed by atoms with Crippen LogP contribution in [0.4, 0.5) is 24.4 Å². The second-order valence-corrected chi connectivity index (χ2v) is 13.1. The van der Waals surface area contributed by atoms with Gasteiger partial charge < -0.3 is 24.4 Å². The third-order valence-electron chi connectivity index (χ3n) is 9.23. The Kier molecular flexibility index (Phi) is 6.21. The van der Waals surface area contributed by atoms with E-state index in [2.05, 4.69) is 20.2 Å². The number of carboxylic acid groups (broad SMARTS) is 1. The number of nitrogens with zero attached hydrogens (tertiary/aromatic N) is 6. The van der Waals surface area contributed by atoms with E-state index in [9.17, 15) is 18.8 Å². The third-order valence-corrected chi connectivity index (χ3v) is 9.91.